The van der Waals surface area contributed by atoms with E-state index in [0.717, 1.165) is 11.1 Å². The molecule has 2 rings (SSSR count). The normalized spacial score (nSPS) is 11.5. The van der Waals surface area contributed by atoms with Gasteiger partial charge in [0.15, 0.2) is 5.96 Å². The van der Waals surface area contributed by atoms with Gasteiger partial charge in [-0.15, -0.1) is 0 Å². The molecule has 0 saturated carbocycles. The molecule has 0 fully saturated rings. The van der Waals surface area contributed by atoms with Crippen LogP contribution in [0.5, 0.6) is 0 Å². The fourth-order valence-corrected chi connectivity index (χ4v) is 2.12. The monoisotopic (exact) mass is 283 g/mol. The Kier molecular flexibility index (Phi) is 4.50. The number of benzene rings is 1. The number of pyridine rings is 1. The molecule has 0 aliphatic heterocycles. The minimum absolute atomic E-state index is 0.256. The van der Waals surface area contributed by atoms with Crippen LogP contribution in [0.25, 0.3) is 0 Å². The zero-order chi connectivity index (χ0) is 15.2. The van der Waals surface area contributed by atoms with Crippen molar-refractivity contribution in [3.05, 3.63) is 66.0 Å². The van der Waals surface area contributed by atoms with E-state index >= 15 is 0 Å². The third-order valence-electron chi connectivity index (χ3n) is 3.05. The van der Waals surface area contributed by atoms with Crippen LogP contribution in [0.1, 0.15) is 17.2 Å². The smallest absolute Gasteiger partial charge is 0.347 e. The molecule has 108 valence electrons. The van der Waals surface area contributed by atoms with Crippen LogP contribution in [0.15, 0.2) is 59.9 Å². The summed E-state index contributed by atoms with van der Waals surface area (Å²) in [5, 5.41) is 0. The van der Waals surface area contributed by atoms with Crippen molar-refractivity contribution in [2.45, 2.75) is 6.04 Å². The fraction of sp³-hybridized carbons (Fsp3) is 0.133. The van der Waals surface area contributed by atoms with Crippen molar-refractivity contribution < 1.29 is 4.79 Å². The maximum atomic E-state index is 12.1. The molecule has 0 aliphatic rings. The van der Waals surface area contributed by atoms with E-state index in [2.05, 4.69) is 9.98 Å². The lowest BCUT2D eigenvalue weighted by atomic mass is 9.99. The molecule has 2 aromatic rings. The molecule has 1 unspecified atom stereocenters. The molecule has 0 saturated heterocycles. The van der Waals surface area contributed by atoms with E-state index in [1.165, 1.54) is 4.90 Å². The summed E-state index contributed by atoms with van der Waals surface area (Å²) in [6.07, 6.45) is 3.37. The standard InChI is InChI=1S/C15H17N5O/c1-20(15(21)19-14(16)17)13(11-5-3-2-4-6-11)12-7-9-18-10-8-12/h2-10,13H,1H3,(H4,16,17,19,21). The number of amides is 2. The first kappa shape index (κ1) is 14.5. The van der Waals surface area contributed by atoms with E-state index in [-0.39, 0.29) is 12.0 Å². The SMILES string of the molecule is CN(C(=O)N=C(N)N)C(c1ccccc1)c1ccncc1. The van der Waals surface area contributed by atoms with Gasteiger partial charge in [-0.3, -0.25) is 4.98 Å². The second-order valence-corrected chi connectivity index (χ2v) is 4.52. The number of carbonyl (C=O) groups is 1. The summed E-state index contributed by atoms with van der Waals surface area (Å²) in [5.41, 5.74) is 12.4. The molecule has 21 heavy (non-hydrogen) atoms. The first-order chi connectivity index (χ1) is 10.1. The van der Waals surface area contributed by atoms with Gasteiger partial charge in [0.2, 0.25) is 0 Å². The van der Waals surface area contributed by atoms with Gasteiger partial charge >= 0.3 is 6.03 Å². The third-order valence-corrected chi connectivity index (χ3v) is 3.05. The highest BCUT2D eigenvalue weighted by molar-refractivity contribution is 5.90. The van der Waals surface area contributed by atoms with Crippen LogP contribution in [0, 0.1) is 0 Å². The zero-order valence-corrected chi connectivity index (χ0v) is 11.7. The fourth-order valence-electron chi connectivity index (χ4n) is 2.12. The predicted octanol–water partition coefficient (Wildman–Crippen LogP) is 1.50. The molecule has 0 aliphatic carbocycles. The lowest BCUT2D eigenvalue weighted by molar-refractivity contribution is 0.208. The van der Waals surface area contributed by atoms with Gasteiger partial charge in [0.05, 0.1) is 6.04 Å². The van der Waals surface area contributed by atoms with E-state index in [4.69, 9.17) is 11.5 Å². The Hall–Kier alpha value is -2.89. The third kappa shape index (κ3) is 3.56. The second kappa shape index (κ2) is 6.51. The van der Waals surface area contributed by atoms with Gasteiger partial charge in [-0.25, -0.2) is 4.79 Å². The van der Waals surface area contributed by atoms with Crippen molar-refractivity contribution in [2.24, 2.45) is 16.5 Å². The number of aliphatic imine (C=N–C) groups is 1. The van der Waals surface area contributed by atoms with Gasteiger partial charge in [0.1, 0.15) is 0 Å². The quantitative estimate of drug-likeness (QED) is 0.658. The minimum Gasteiger partial charge on any atom is -0.370 e. The van der Waals surface area contributed by atoms with Gasteiger partial charge in [0, 0.05) is 19.4 Å². The van der Waals surface area contributed by atoms with Crippen molar-refractivity contribution in [3.8, 4) is 0 Å². The minimum atomic E-state index is -0.499. The molecular formula is C15H17N5O. The van der Waals surface area contributed by atoms with Crippen molar-refractivity contribution >= 4 is 12.0 Å². The van der Waals surface area contributed by atoms with Crippen molar-refractivity contribution in [1.82, 2.24) is 9.88 Å². The maximum absolute atomic E-state index is 12.1. The zero-order valence-electron chi connectivity index (χ0n) is 11.7. The Balaban J connectivity index is 2.42. The van der Waals surface area contributed by atoms with Crippen LogP contribution in [0.3, 0.4) is 0 Å². The van der Waals surface area contributed by atoms with Crippen molar-refractivity contribution in [1.29, 1.82) is 0 Å². The van der Waals surface area contributed by atoms with Gasteiger partial charge in [-0.1, -0.05) is 30.3 Å². The molecule has 2 amide bonds. The number of aromatic nitrogens is 1. The van der Waals surface area contributed by atoms with Crippen LogP contribution in [-0.2, 0) is 0 Å². The second-order valence-electron chi connectivity index (χ2n) is 4.52. The maximum Gasteiger partial charge on any atom is 0.347 e. The number of nitrogens with two attached hydrogens (primary N) is 2. The van der Waals surface area contributed by atoms with Crippen molar-refractivity contribution in [3.63, 3.8) is 0 Å². The average molecular weight is 283 g/mol. The van der Waals surface area contributed by atoms with Gasteiger partial charge in [-0.05, 0) is 23.3 Å². The number of rotatable bonds is 3. The highest BCUT2D eigenvalue weighted by Crippen LogP contribution is 2.27. The van der Waals surface area contributed by atoms with Crippen LogP contribution < -0.4 is 11.5 Å². The average Bonchev–Trinajstić information content (AvgIpc) is 2.49. The topological polar surface area (TPSA) is 97.6 Å². The van der Waals surface area contributed by atoms with E-state index < -0.39 is 6.03 Å². The number of hydrogen-bond acceptors (Lipinski definition) is 2. The number of carbonyl (C=O) groups excluding carboxylic acids is 1. The highest BCUT2D eigenvalue weighted by Gasteiger charge is 2.23. The molecule has 1 aromatic heterocycles. The number of nitrogens with zero attached hydrogens (tertiary/aromatic N) is 3. The Bertz CT molecular complexity index is 584. The van der Waals surface area contributed by atoms with E-state index in [9.17, 15) is 4.79 Å². The number of hydrogen-bond donors (Lipinski definition) is 2. The predicted molar refractivity (Wildman–Crippen MR) is 81.5 cm³/mol. The van der Waals surface area contributed by atoms with E-state index in [1.807, 2.05) is 42.5 Å². The Morgan fingerprint density at radius 3 is 2.24 bits per heavy atom. The van der Waals surface area contributed by atoms with E-state index in [1.54, 1.807) is 19.4 Å². The molecular weight excluding hydrogens is 266 g/mol. The molecule has 1 aromatic carbocycles. The van der Waals surface area contributed by atoms with Crippen LogP contribution in [-0.4, -0.2) is 28.9 Å². The summed E-state index contributed by atoms with van der Waals surface area (Å²) in [5.74, 6) is -0.256. The van der Waals surface area contributed by atoms with Crippen LogP contribution >= 0.6 is 0 Å². The summed E-state index contributed by atoms with van der Waals surface area (Å²) in [6.45, 7) is 0. The Labute approximate surface area is 123 Å². The molecule has 1 atom stereocenters. The van der Waals surface area contributed by atoms with Crippen LogP contribution in [0.4, 0.5) is 4.79 Å². The Morgan fingerprint density at radius 1 is 1.10 bits per heavy atom. The first-order valence-corrected chi connectivity index (χ1v) is 6.41. The summed E-state index contributed by atoms with van der Waals surface area (Å²) in [7, 11) is 1.66. The summed E-state index contributed by atoms with van der Waals surface area (Å²) < 4.78 is 0. The number of guanidine groups is 1. The largest absolute Gasteiger partial charge is 0.370 e. The summed E-state index contributed by atoms with van der Waals surface area (Å²) >= 11 is 0. The summed E-state index contributed by atoms with van der Waals surface area (Å²) in [4.78, 5) is 21.2. The van der Waals surface area contributed by atoms with Gasteiger partial charge in [-0.2, -0.15) is 4.99 Å². The first-order valence-electron chi connectivity index (χ1n) is 6.41. The van der Waals surface area contributed by atoms with Crippen molar-refractivity contribution in [2.75, 3.05) is 7.05 Å². The molecule has 6 nitrogen and oxygen atoms in total. The molecule has 4 N–H and O–H groups in total. The molecule has 6 heteroatoms. The number of urea groups is 1. The lowest BCUT2D eigenvalue weighted by Crippen LogP contribution is -2.33. The Morgan fingerprint density at radius 2 is 1.67 bits per heavy atom. The molecule has 0 bridgehead atoms. The molecule has 0 spiro atoms. The summed E-state index contributed by atoms with van der Waals surface area (Å²) in [6, 6.07) is 12.6. The van der Waals surface area contributed by atoms with E-state index in [0.29, 0.717) is 0 Å². The molecule has 0 radical (unpaired) electrons. The highest BCUT2D eigenvalue weighted by atomic mass is 16.2. The van der Waals surface area contributed by atoms with Crippen LogP contribution in [0.2, 0.25) is 0 Å². The lowest BCUT2D eigenvalue weighted by Gasteiger charge is -2.27. The molecule has 1 heterocycles. The van der Waals surface area contributed by atoms with Gasteiger partial charge < -0.3 is 16.4 Å². The van der Waals surface area contributed by atoms with Gasteiger partial charge in [0.25, 0.3) is 0 Å².